The average Bonchev–Trinajstić information content (AvgIpc) is 2.84. The fraction of sp³-hybridized carbons (Fsp3) is 0.800. The molecular formula is C10H15NO5. The van der Waals surface area contributed by atoms with Crippen LogP contribution < -0.4 is 0 Å². The summed E-state index contributed by atoms with van der Waals surface area (Å²) in [6, 6.07) is -0.910. The lowest BCUT2D eigenvalue weighted by atomic mass is 10.2. The van der Waals surface area contributed by atoms with Crippen LogP contribution in [0.3, 0.4) is 0 Å². The van der Waals surface area contributed by atoms with Crippen LogP contribution in [0.25, 0.3) is 0 Å². The lowest BCUT2D eigenvalue weighted by molar-refractivity contribution is -0.152. The number of hydrogen-bond donors (Lipinski definition) is 2. The number of hydrogen-bond acceptors (Lipinski definition) is 4. The minimum atomic E-state index is -1.07. The highest BCUT2D eigenvalue weighted by molar-refractivity contribution is 5.87. The van der Waals surface area contributed by atoms with Gasteiger partial charge in [-0.1, -0.05) is 0 Å². The van der Waals surface area contributed by atoms with Gasteiger partial charge in [-0.3, -0.25) is 4.79 Å². The zero-order valence-electron chi connectivity index (χ0n) is 8.83. The summed E-state index contributed by atoms with van der Waals surface area (Å²) in [4.78, 5) is 24.1. The van der Waals surface area contributed by atoms with E-state index in [4.69, 9.17) is 9.84 Å². The van der Waals surface area contributed by atoms with Gasteiger partial charge in [-0.15, -0.1) is 0 Å². The number of carboxylic acid groups (broad SMARTS) is 1. The molecule has 2 heterocycles. The van der Waals surface area contributed by atoms with Gasteiger partial charge in [0.25, 0.3) is 5.91 Å². The van der Waals surface area contributed by atoms with Crippen LogP contribution in [0.15, 0.2) is 0 Å². The molecule has 0 unspecified atom stereocenters. The summed E-state index contributed by atoms with van der Waals surface area (Å²) in [6.07, 6.45) is 0.300. The first-order chi connectivity index (χ1) is 7.59. The molecule has 6 nitrogen and oxygen atoms in total. The Kier molecular flexibility index (Phi) is 3.11. The molecule has 0 aliphatic carbocycles. The lowest BCUT2D eigenvalue weighted by Crippen LogP contribution is -2.45. The van der Waals surface area contributed by atoms with Crippen LogP contribution in [-0.2, 0) is 14.3 Å². The number of aliphatic carboxylic acids is 1. The summed E-state index contributed by atoms with van der Waals surface area (Å²) >= 11 is 0. The molecule has 0 bridgehead atoms. The summed E-state index contributed by atoms with van der Waals surface area (Å²) in [6.45, 7) is 0.639. The summed E-state index contributed by atoms with van der Waals surface area (Å²) in [5.41, 5.74) is 0. The molecule has 90 valence electrons. The molecule has 2 N–H and O–H groups in total. The highest BCUT2D eigenvalue weighted by atomic mass is 16.5. The number of likely N-dealkylation sites (tertiary alicyclic amines) is 1. The number of aliphatic hydroxyl groups excluding tert-OH is 1. The number of ether oxygens (including phenoxy) is 1. The molecule has 2 saturated heterocycles. The van der Waals surface area contributed by atoms with Crippen LogP contribution in [0, 0.1) is 0 Å². The van der Waals surface area contributed by atoms with E-state index in [1.807, 2.05) is 0 Å². The Labute approximate surface area is 92.8 Å². The van der Waals surface area contributed by atoms with Crippen molar-refractivity contribution < 1.29 is 24.5 Å². The Bertz CT molecular complexity index is 300. The van der Waals surface area contributed by atoms with Crippen LogP contribution in [-0.4, -0.2) is 58.4 Å². The smallest absolute Gasteiger partial charge is 0.326 e. The van der Waals surface area contributed by atoms with Gasteiger partial charge in [-0.05, 0) is 12.8 Å². The van der Waals surface area contributed by atoms with Crippen molar-refractivity contribution in [1.29, 1.82) is 0 Å². The van der Waals surface area contributed by atoms with Gasteiger partial charge < -0.3 is 19.8 Å². The quantitative estimate of drug-likeness (QED) is 0.648. The first kappa shape index (κ1) is 11.3. The molecule has 0 aromatic rings. The molecule has 2 aliphatic rings. The zero-order chi connectivity index (χ0) is 11.7. The predicted molar refractivity (Wildman–Crippen MR) is 52.7 cm³/mol. The summed E-state index contributed by atoms with van der Waals surface area (Å²) < 4.78 is 5.22. The van der Waals surface area contributed by atoms with E-state index < -0.39 is 24.2 Å². The van der Waals surface area contributed by atoms with Crippen LogP contribution in [0.5, 0.6) is 0 Å². The molecule has 0 aromatic heterocycles. The summed E-state index contributed by atoms with van der Waals surface area (Å²) in [7, 11) is 0. The fourth-order valence-electron chi connectivity index (χ4n) is 2.25. The Morgan fingerprint density at radius 1 is 1.38 bits per heavy atom. The molecule has 0 saturated carbocycles. The third-order valence-corrected chi connectivity index (χ3v) is 3.05. The second-order valence-corrected chi connectivity index (χ2v) is 4.24. The number of carbonyl (C=O) groups excluding carboxylic acids is 1. The maximum atomic E-state index is 11.9. The van der Waals surface area contributed by atoms with Gasteiger partial charge in [-0.25, -0.2) is 4.79 Å². The number of amides is 1. The molecule has 3 atom stereocenters. The SMILES string of the molecule is O=C(O)[C@@H]1C[C@@H](O)CN1C(=O)[C@@H]1CCCO1. The standard InChI is InChI=1S/C10H15NO5/c12-6-4-7(10(14)15)11(5-6)9(13)8-2-1-3-16-8/h6-8,12H,1-5H2,(H,14,15)/t6-,7+,8+/m1/s1. The molecule has 1 amide bonds. The minimum absolute atomic E-state index is 0.0929. The second-order valence-electron chi connectivity index (χ2n) is 4.24. The van der Waals surface area contributed by atoms with E-state index in [2.05, 4.69) is 0 Å². The van der Waals surface area contributed by atoms with Crippen molar-refractivity contribution in [3.8, 4) is 0 Å². The molecule has 2 fully saturated rings. The van der Waals surface area contributed by atoms with Crippen molar-refractivity contribution in [2.45, 2.75) is 37.5 Å². The Balaban J connectivity index is 2.06. The third-order valence-electron chi connectivity index (χ3n) is 3.05. The van der Waals surface area contributed by atoms with Crippen LogP contribution in [0.4, 0.5) is 0 Å². The third kappa shape index (κ3) is 2.03. The van der Waals surface area contributed by atoms with E-state index in [0.29, 0.717) is 13.0 Å². The van der Waals surface area contributed by atoms with Crippen molar-refractivity contribution in [3.05, 3.63) is 0 Å². The van der Waals surface area contributed by atoms with Crippen molar-refractivity contribution in [2.75, 3.05) is 13.2 Å². The van der Waals surface area contributed by atoms with Crippen molar-refractivity contribution in [3.63, 3.8) is 0 Å². The number of aliphatic hydroxyl groups is 1. The van der Waals surface area contributed by atoms with E-state index in [1.54, 1.807) is 0 Å². The van der Waals surface area contributed by atoms with Crippen molar-refractivity contribution in [2.24, 2.45) is 0 Å². The van der Waals surface area contributed by atoms with Crippen LogP contribution in [0.2, 0.25) is 0 Å². The molecule has 0 aromatic carbocycles. The lowest BCUT2D eigenvalue weighted by Gasteiger charge is -2.23. The number of nitrogens with zero attached hydrogens (tertiary/aromatic N) is 1. The predicted octanol–water partition coefficient (Wildman–Crippen LogP) is -0.788. The zero-order valence-corrected chi connectivity index (χ0v) is 8.83. The van der Waals surface area contributed by atoms with E-state index in [9.17, 15) is 14.7 Å². The van der Waals surface area contributed by atoms with E-state index in [0.717, 1.165) is 6.42 Å². The maximum Gasteiger partial charge on any atom is 0.326 e. The highest BCUT2D eigenvalue weighted by Gasteiger charge is 2.41. The first-order valence-corrected chi connectivity index (χ1v) is 5.42. The Morgan fingerprint density at radius 3 is 2.69 bits per heavy atom. The molecule has 16 heavy (non-hydrogen) atoms. The molecule has 0 spiro atoms. The van der Waals surface area contributed by atoms with Gasteiger partial charge in [0.1, 0.15) is 12.1 Å². The summed E-state index contributed by atoms with van der Waals surface area (Å²) in [5.74, 6) is -1.37. The molecule has 2 rings (SSSR count). The number of carbonyl (C=O) groups is 2. The monoisotopic (exact) mass is 229 g/mol. The van der Waals surface area contributed by atoms with E-state index in [-0.39, 0.29) is 18.9 Å². The highest BCUT2D eigenvalue weighted by Crippen LogP contribution is 2.23. The Morgan fingerprint density at radius 2 is 2.12 bits per heavy atom. The number of carboxylic acids is 1. The van der Waals surface area contributed by atoms with E-state index in [1.165, 1.54) is 4.90 Å². The van der Waals surface area contributed by atoms with Crippen LogP contribution >= 0.6 is 0 Å². The average molecular weight is 229 g/mol. The Hall–Kier alpha value is -1.14. The molecule has 6 heteroatoms. The summed E-state index contributed by atoms with van der Waals surface area (Å²) in [5, 5.41) is 18.4. The van der Waals surface area contributed by atoms with Gasteiger partial charge in [-0.2, -0.15) is 0 Å². The second kappa shape index (κ2) is 4.39. The van der Waals surface area contributed by atoms with Crippen molar-refractivity contribution in [1.82, 2.24) is 4.90 Å². The van der Waals surface area contributed by atoms with Gasteiger partial charge >= 0.3 is 5.97 Å². The molecule has 2 aliphatic heterocycles. The topological polar surface area (TPSA) is 87.1 Å². The minimum Gasteiger partial charge on any atom is -0.480 e. The molecule has 0 radical (unpaired) electrons. The maximum absolute atomic E-state index is 11.9. The van der Waals surface area contributed by atoms with Gasteiger partial charge in [0.2, 0.25) is 0 Å². The van der Waals surface area contributed by atoms with Gasteiger partial charge in [0, 0.05) is 19.6 Å². The first-order valence-electron chi connectivity index (χ1n) is 5.42. The van der Waals surface area contributed by atoms with E-state index >= 15 is 0 Å². The number of β-amino-alcohol motifs (C(OH)–C–C–N with tert-alkyl or cyclic N) is 1. The fourth-order valence-corrected chi connectivity index (χ4v) is 2.25. The van der Waals surface area contributed by atoms with Crippen LogP contribution in [0.1, 0.15) is 19.3 Å². The largest absolute Gasteiger partial charge is 0.480 e. The molecular weight excluding hydrogens is 214 g/mol. The number of rotatable bonds is 2. The van der Waals surface area contributed by atoms with Crippen molar-refractivity contribution >= 4 is 11.9 Å². The normalized spacial score (nSPS) is 34.3. The van der Waals surface area contributed by atoms with Gasteiger partial charge in [0.15, 0.2) is 0 Å². The van der Waals surface area contributed by atoms with Gasteiger partial charge in [0.05, 0.1) is 6.10 Å².